The Morgan fingerprint density at radius 2 is 2.35 bits per heavy atom. The van der Waals surface area contributed by atoms with Crippen LogP contribution in [0.3, 0.4) is 0 Å². The molecule has 0 radical (unpaired) electrons. The number of rotatable bonds is 5. The summed E-state index contributed by atoms with van der Waals surface area (Å²) in [5.41, 5.74) is 5.27. The maximum atomic E-state index is 11.9. The number of β-lactam (4-membered cyclic amide) rings is 1. The van der Waals surface area contributed by atoms with Crippen LogP contribution in [0.1, 0.15) is 6.92 Å². The fourth-order valence-electron chi connectivity index (χ4n) is 1.52. The van der Waals surface area contributed by atoms with Gasteiger partial charge >= 0.3 is 0 Å². The van der Waals surface area contributed by atoms with Crippen LogP contribution in [-0.4, -0.2) is 52.7 Å². The number of thioether (sulfide) groups is 1. The molecular formula is C11H17N5O3S. The number of nitrogens with zero attached hydrogens (tertiary/aromatic N) is 1. The highest BCUT2D eigenvalue weighted by atomic mass is 32.2. The second-order valence-corrected chi connectivity index (χ2v) is 4.78. The number of nitrogens with one attached hydrogen (secondary N) is 3. The number of carbonyl (C=O) groups is 2. The molecule has 0 saturated carbocycles. The van der Waals surface area contributed by atoms with E-state index < -0.39 is 18.0 Å². The minimum absolute atomic E-state index is 0.120. The SMILES string of the molecule is C/C=C(\N=C(\N)SC)C(=N)C(=O)N[C@@H]1C(=O)N[C@@H]1CO. The van der Waals surface area contributed by atoms with E-state index in [1.165, 1.54) is 17.8 Å². The molecule has 0 aromatic heterocycles. The molecule has 9 heteroatoms. The largest absolute Gasteiger partial charge is 0.394 e. The summed E-state index contributed by atoms with van der Waals surface area (Å²) in [6.45, 7) is 1.35. The molecule has 1 rings (SSSR count). The summed E-state index contributed by atoms with van der Waals surface area (Å²) >= 11 is 1.19. The number of allylic oxidation sites excluding steroid dienone is 1. The molecule has 0 aromatic carbocycles. The van der Waals surface area contributed by atoms with Gasteiger partial charge in [-0.15, -0.1) is 0 Å². The number of aliphatic imine (C=N–C) groups is 1. The number of amidine groups is 1. The van der Waals surface area contributed by atoms with Crippen LogP contribution in [0.5, 0.6) is 0 Å². The van der Waals surface area contributed by atoms with Crippen LogP contribution in [0.2, 0.25) is 0 Å². The lowest BCUT2D eigenvalue weighted by molar-refractivity contribution is -0.135. The zero-order valence-corrected chi connectivity index (χ0v) is 12.0. The number of aliphatic hydroxyl groups excluding tert-OH is 1. The smallest absolute Gasteiger partial charge is 0.272 e. The average molecular weight is 299 g/mol. The highest BCUT2D eigenvalue weighted by molar-refractivity contribution is 8.13. The molecule has 2 atom stereocenters. The topological polar surface area (TPSA) is 141 Å². The van der Waals surface area contributed by atoms with E-state index in [2.05, 4.69) is 15.6 Å². The van der Waals surface area contributed by atoms with E-state index in [4.69, 9.17) is 16.2 Å². The zero-order valence-electron chi connectivity index (χ0n) is 11.1. The maximum absolute atomic E-state index is 11.9. The molecule has 6 N–H and O–H groups in total. The summed E-state index contributed by atoms with van der Waals surface area (Å²) in [6.07, 6.45) is 3.20. The Bertz CT molecular complexity index is 488. The summed E-state index contributed by atoms with van der Waals surface area (Å²) in [6, 6.07) is -1.35. The Morgan fingerprint density at radius 3 is 2.80 bits per heavy atom. The highest BCUT2D eigenvalue weighted by Gasteiger charge is 2.40. The normalized spacial score (nSPS) is 22.9. The summed E-state index contributed by atoms with van der Waals surface area (Å²) in [5, 5.41) is 21.8. The van der Waals surface area contributed by atoms with Crippen molar-refractivity contribution in [3.63, 3.8) is 0 Å². The van der Waals surface area contributed by atoms with E-state index in [1.54, 1.807) is 13.2 Å². The molecule has 1 aliphatic heterocycles. The molecule has 1 aliphatic rings. The van der Waals surface area contributed by atoms with E-state index in [0.29, 0.717) is 0 Å². The van der Waals surface area contributed by atoms with Crippen molar-refractivity contribution in [2.75, 3.05) is 12.9 Å². The van der Waals surface area contributed by atoms with Crippen LogP contribution in [0.25, 0.3) is 0 Å². The van der Waals surface area contributed by atoms with Gasteiger partial charge in [0, 0.05) is 0 Å². The van der Waals surface area contributed by atoms with Crippen molar-refractivity contribution >= 4 is 34.5 Å². The molecule has 0 spiro atoms. The molecule has 1 fully saturated rings. The van der Waals surface area contributed by atoms with Crippen molar-refractivity contribution in [2.45, 2.75) is 19.0 Å². The first kappa shape index (κ1) is 16.2. The molecule has 8 nitrogen and oxygen atoms in total. The van der Waals surface area contributed by atoms with Crippen LogP contribution in [-0.2, 0) is 9.59 Å². The van der Waals surface area contributed by atoms with Gasteiger partial charge in [0.1, 0.15) is 11.8 Å². The van der Waals surface area contributed by atoms with Crippen LogP contribution >= 0.6 is 11.8 Å². The summed E-state index contributed by atoms with van der Waals surface area (Å²) in [5.74, 6) is -1.13. The predicted octanol–water partition coefficient (Wildman–Crippen LogP) is -1.44. The minimum Gasteiger partial charge on any atom is -0.394 e. The number of hydrogen-bond acceptors (Lipinski definition) is 6. The lowest BCUT2D eigenvalue weighted by Crippen LogP contribution is -2.70. The van der Waals surface area contributed by atoms with Crippen molar-refractivity contribution in [1.29, 1.82) is 5.41 Å². The molecule has 0 unspecified atom stereocenters. The predicted molar refractivity (Wildman–Crippen MR) is 77.6 cm³/mol. The fraction of sp³-hybridized carbons (Fsp3) is 0.455. The molecule has 0 bridgehead atoms. The molecule has 0 aromatic rings. The quantitative estimate of drug-likeness (QED) is 0.240. The second kappa shape index (κ2) is 7.06. The number of amides is 2. The third-order valence-corrected chi connectivity index (χ3v) is 3.20. The van der Waals surface area contributed by atoms with Gasteiger partial charge in [-0.1, -0.05) is 17.8 Å². The van der Waals surface area contributed by atoms with Crippen molar-refractivity contribution in [3.8, 4) is 0 Å². The van der Waals surface area contributed by atoms with E-state index >= 15 is 0 Å². The van der Waals surface area contributed by atoms with Crippen LogP contribution in [0.15, 0.2) is 16.8 Å². The maximum Gasteiger partial charge on any atom is 0.272 e. The van der Waals surface area contributed by atoms with Gasteiger partial charge in [0.05, 0.1) is 18.3 Å². The molecular weight excluding hydrogens is 282 g/mol. The minimum atomic E-state index is -0.826. The lowest BCUT2D eigenvalue weighted by Gasteiger charge is -2.35. The van der Waals surface area contributed by atoms with E-state index in [0.717, 1.165) is 0 Å². The van der Waals surface area contributed by atoms with Crippen LogP contribution < -0.4 is 16.4 Å². The standard InChI is InChI=1S/C11H17N5O3S/c1-3-5(15-11(13)20-2)7(12)9(18)16-8-6(4-17)14-10(8)19/h3,6,8,12,17H,4H2,1-2H3,(H2,13,15)(H,14,19)(H,16,18)/b5-3-,12-7?/t6-,8+/m1/s1. The Balaban J connectivity index is 2.72. The van der Waals surface area contributed by atoms with Crippen molar-refractivity contribution < 1.29 is 14.7 Å². The first-order chi connectivity index (χ1) is 9.44. The van der Waals surface area contributed by atoms with Crippen molar-refractivity contribution in [1.82, 2.24) is 10.6 Å². The Hall–Kier alpha value is -1.87. The van der Waals surface area contributed by atoms with Crippen LogP contribution in [0, 0.1) is 5.41 Å². The first-order valence-electron chi connectivity index (χ1n) is 5.80. The molecule has 1 heterocycles. The van der Waals surface area contributed by atoms with Gasteiger partial charge in [-0.05, 0) is 13.2 Å². The first-order valence-corrected chi connectivity index (χ1v) is 7.02. The number of nitrogens with two attached hydrogens (primary N) is 1. The molecule has 2 amide bonds. The van der Waals surface area contributed by atoms with Gasteiger partial charge in [0.2, 0.25) is 5.91 Å². The van der Waals surface area contributed by atoms with Gasteiger partial charge < -0.3 is 21.5 Å². The highest BCUT2D eigenvalue weighted by Crippen LogP contribution is 2.08. The second-order valence-electron chi connectivity index (χ2n) is 3.95. The summed E-state index contributed by atoms with van der Waals surface area (Å²) < 4.78 is 0. The average Bonchev–Trinajstić information content (AvgIpc) is 2.46. The number of carbonyl (C=O) groups excluding carboxylic acids is 2. The van der Waals surface area contributed by atoms with Crippen molar-refractivity contribution in [2.24, 2.45) is 10.7 Å². The summed E-state index contributed by atoms with van der Waals surface area (Å²) in [4.78, 5) is 27.0. The Labute approximate surface area is 120 Å². The van der Waals surface area contributed by atoms with E-state index in [1.807, 2.05) is 0 Å². The number of aliphatic hydroxyl groups is 1. The van der Waals surface area contributed by atoms with Crippen LogP contribution in [0.4, 0.5) is 0 Å². The van der Waals surface area contributed by atoms with E-state index in [-0.39, 0.29) is 29.1 Å². The van der Waals surface area contributed by atoms with E-state index in [9.17, 15) is 9.59 Å². The van der Waals surface area contributed by atoms with Gasteiger partial charge in [-0.25, -0.2) is 4.99 Å². The molecule has 110 valence electrons. The molecule has 20 heavy (non-hydrogen) atoms. The third-order valence-electron chi connectivity index (χ3n) is 2.69. The lowest BCUT2D eigenvalue weighted by atomic mass is 9.99. The Kier molecular flexibility index (Phi) is 5.71. The molecule has 0 aliphatic carbocycles. The van der Waals surface area contributed by atoms with Gasteiger partial charge in [-0.2, -0.15) is 0 Å². The van der Waals surface area contributed by atoms with Gasteiger partial charge in [0.25, 0.3) is 5.91 Å². The van der Waals surface area contributed by atoms with Gasteiger partial charge in [0.15, 0.2) is 5.17 Å². The van der Waals surface area contributed by atoms with Gasteiger partial charge in [-0.3, -0.25) is 15.0 Å². The molecule has 1 saturated heterocycles. The number of hydrogen-bond donors (Lipinski definition) is 5. The third kappa shape index (κ3) is 3.58. The zero-order chi connectivity index (χ0) is 15.3. The Morgan fingerprint density at radius 1 is 1.70 bits per heavy atom. The van der Waals surface area contributed by atoms with Crippen molar-refractivity contribution in [3.05, 3.63) is 11.8 Å². The monoisotopic (exact) mass is 299 g/mol. The fourth-order valence-corrected chi connectivity index (χ4v) is 1.71. The summed E-state index contributed by atoms with van der Waals surface area (Å²) in [7, 11) is 0.